The van der Waals surface area contributed by atoms with Crippen molar-refractivity contribution in [3.63, 3.8) is 0 Å². The summed E-state index contributed by atoms with van der Waals surface area (Å²) < 4.78 is 28.0. The van der Waals surface area contributed by atoms with Gasteiger partial charge in [-0.2, -0.15) is 0 Å². The van der Waals surface area contributed by atoms with E-state index in [1.54, 1.807) is 0 Å². The fourth-order valence-corrected chi connectivity index (χ4v) is 1.43. The largest absolute Gasteiger partial charge is 0.455 e. The fraction of sp³-hybridized carbons (Fsp3) is 0.200. The summed E-state index contributed by atoms with van der Waals surface area (Å²) >= 11 is 0. The number of ether oxygens (including phenoxy) is 6. The lowest BCUT2D eigenvalue weighted by atomic mass is 10.5. The number of rotatable bonds is 14. The second-order valence-electron chi connectivity index (χ2n) is 5.02. The lowest BCUT2D eigenvalue weighted by Gasteiger charge is -2.16. The van der Waals surface area contributed by atoms with Crippen molar-refractivity contribution in [2.45, 2.75) is 12.6 Å². The van der Waals surface area contributed by atoms with E-state index in [2.05, 4.69) is 54.7 Å². The van der Waals surface area contributed by atoms with E-state index >= 15 is 0 Å². The molecule has 0 saturated heterocycles. The standard InChI is InChI=1S/C20H20O12/c1-5-13(21)29-19(30-14(22)6-2)11-27-17(25)9-10-18(26)28-12-20(31-15(23)7-3)32-16(24)8-4/h5-10,19-20H,1-4,11-12H2/b10-9-. The Kier molecular flexibility index (Phi) is 13.2. The maximum atomic E-state index is 11.7. The van der Waals surface area contributed by atoms with Crippen molar-refractivity contribution in [1.29, 1.82) is 0 Å². The number of carbonyl (C=O) groups excluding carboxylic acids is 6. The van der Waals surface area contributed by atoms with E-state index in [-0.39, 0.29) is 0 Å². The van der Waals surface area contributed by atoms with Gasteiger partial charge in [-0.3, -0.25) is 0 Å². The molecular formula is C20H20O12. The number of hydrogen-bond donors (Lipinski definition) is 0. The molecule has 0 radical (unpaired) electrons. The lowest BCUT2D eigenvalue weighted by Crippen LogP contribution is -2.29. The molecule has 0 atom stereocenters. The van der Waals surface area contributed by atoms with Gasteiger partial charge in [0, 0.05) is 36.5 Å². The molecule has 32 heavy (non-hydrogen) atoms. The summed E-state index contributed by atoms with van der Waals surface area (Å²) in [7, 11) is 0. The molecule has 0 aliphatic rings. The molecule has 0 rings (SSSR count). The molecule has 0 N–H and O–H groups in total. The molecule has 0 spiro atoms. The van der Waals surface area contributed by atoms with Crippen LogP contribution in [0.2, 0.25) is 0 Å². The quantitative estimate of drug-likeness (QED) is 0.153. The van der Waals surface area contributed by atoms with Gasteiger partial charge >= 0.3 is 35.8 Å². The predicted octanol–water partition coefficient (Wildman–Crippen LogP) is 0.198. The minimum atomic E-state index is -1.59. The van der Waals surface area contributed by atoms with E-state index in [0.29, 0.717) is 12.2 Å². The summed E-state index contributed by atoms with van der Waals surface area (Å²) in [4.78, 5) is 68.2. The van der Waals surface area contributed by atoms with Crippen LogP contribution in [0.5, 0.6) is 0 Å². The molecule has 0 heterocycles. The van der Waals surface area contributed by atoms with Crippen molar-refractivity contribution in [3.8, 4) is 0 Å². The summed E-state index contributed by atoms with van der Waals surface area (Å²) in [5, 5.41) is 0. The maximum Gasteiger partial charge on any atom is 0.333 e. The average Bonchev–Trinajstić information content (AvgIpc) is 2.78. The van der Waals surface area contributed by atoms with Crippen molar-refractivity contribution < 1.29 is 57.2 Å². The van der Waals surface area contributed by atoms with Gasteiger partial charge in [0.1, 0.15) is 0 Å². The van der Waals surface area contributed by atoms with E-state index in [0.717, 1.165) is 24.3 Å². The first-order valence-corrected chi connectivity index (χ1v) is 8.48. The number of hydrogen-bond acceptors (Lipinski definition) is 12. The third-order valence-corrected chi connectivity index (χ3v) is 2.74. The Morgan fingerprint density at radius 1 is 0.500 bits per heavy atom. The molecule has 12 heteroatoms. The molecular weight excluding hydrogens is 432 g/mol. The Morgan fingerprint density at radius 2 is 0.750 bits per heavy atom. The van der Waals surface area contributed by atoms with Gasteiger partial charge in [0.15, 0.2) is 13.2 Å². The zero-order valence-corrected chi connectivity index (χ0v) is 16.8. The highest BCUT2D eigenvalue weighted by Gasteiger charge is 2.20. The van der Waals surface area contributed by atoms with Crippen LogP contribution < -0.4 is 0 Å². The maximum absolute atomic E-state index is 11.7. The van der Waals surface area contributed by atoms with Crippen LogP contribution in [0.1, 0.15) is 0 Å². The highest BCUT2D eigenvalue weighted by Crippen LogP contribution is 2.02. The molecule has 0 unspecified atom stereocenters. The third kappa shape index (κ3) is 12.9. The Labute approximate surface area is 182 Å². The number of carbonyl (C=O) groups is 6. The van der Waals surface area contributed by atoms with Crippen LogP contribution in [0.4, 0.5) is 0 Å². The zero-order chi connectivity index (χ0) is 24.5. The smallest absolute Gasteiger partial charge is 0.333 e. The van der Waals surface area contributed by atoms with Crippen LogP contribution in [-0.2, 0) is 57.2 Å². The van der Waals surface area contributed by atoms with E-state index in [1.165, 1.54) is 0 Å². The van der Waals surface area contributed by atoms with E-state index in [4.69, 9.17) is 0 Å². The molecule has 0 amide bonds. The zero-order valence-electron chi connectivity index (χ0n) is 16.8. The first kappa shape index (κ1) is 27.5. The van der Waals surface area contributed by atoms with Crippen LogP contribution in [0.15, 0.2) is 62.8 Å². The number of esters is 6. The topological polar surface area (TPSA) is 158 Å². The average molecular weight is 452 g/mol. The first-order valence-electron chi connectivity index (χ1n) is 8.48. The molecule has 0 bridgehead atoms. The molecule has 0 fully saturated rings. The third-order valence-electron chi connectivity index (χ3n) is 2.74. The second kappa shape index (κ2) is 15.4. The summed E-state index contributed by atoms with van der Waals surface area (Å²) in [5.74, 6) is -6.00. The summed E-state index contributed by atoms with van der Waals surface area (Å²) in [6, 6.07) is 0. The van der Waals surface area contributed by atoms with E-state index in [9.17, 15) is 28.8 Å². The van der Waals surface area contributed by atoms with Gasteiger partial charge in [0.05, 0.1) is 0 Å². The Bertz CT molecular complexity index is 697. The molecule has 0 saturated carbocycles. The van der Waals surface area contributed by atoms with Crippen LogP contribution in [0, 0.1) is 0 Å². The van der Waals surface area contributed by atoms with Crippen molar-refractivity contribution in [2.24, 2.45) is 0 Å². The van der Waals surface area contributed by atoms with Crippen molar-refractivity contribution in [3.05, 3.63) is 62.8 Å². The van der Waals surface area contributed by atoms with Crippen LogP contribution in [0.25, 0.3) is 0 Å². The monoisotopic (exact) mass is 452 g/mol. The fourth-order valence-electron chi connectivity index (χ4n) is 1.43. The molecule has 0 aliphatic heterocycles. The molecule has 172 valence electrons. The highest BCUT2D eigenvalue weighted by atomic mass is 16.7. The van der Waals surface area contributed by atoms with Gasteiger partial charge in [-0.1, -0.05) is 26.3 Å². The molecule has 0 aromatic heterocycles. The van der Waals surface area contributed by atoms with Crippen molar-refractivity contribution in [2.75, 3.05) is 13.2 Å². The van der Waals surface area contributed by atoms with Crippen LogP contribution >= 0.6 is 0 Å². The summed E-state index contributed by atoms with van der Waals surface area (Å²) in [5.41, 5.74) is 0. The molecule has 0 aliphatic carbocycles. The van der Waals surface area contributed by atoms with Crippen LogP contribution in [-0.4, -0.2) is 61.6 Å². The Balaban J connectivity index is 4.73. The normalized spacial score (nSPS) is 9.94. The minimum Gasteiger partial charge on any atom is -0.455 e. The van der Waals surface area contributed by atoms with Crippen molar-refractivity contribution >= 4 is 35.8 Å². The van der Waals surface area contributed by atoms with Crippen LogP contribution in [0.3, 0.4) is 0 Å². The van der Waals surface area contributed by atoms with Gasteiger partial charge in [0.2, 0.25) is 0 Å². The van der Waals surface area contributed by atoms with Gasteiger partial charge in [-0.15, -0.1) is 0 Å². The van der Waals surface area contributed by atoms with Gasteiger partial charge in [-0.05, 0) is 0 Å². The van der Waals surface area contributed by atoms with E-state index in [1.807, 2.05) is 0 Å². The van der Waals surface area contributed by atoms with Crippen molar-refractivity contribution in [1.82, 2.24) is 0 Å². The van der Waals surface area contributed by atoms with Gasteiger partial charge in [-0.25, -0.2) is 28.8 Å². The second-order valence-corrected chi connectivity index (χ2v) is 5.02. The summed E-state index contributed by atoms with van der Waals surface area (Å²) in [6.07, 6.45) is 1.27. The molecule has 0 aromatic carbocycles. The minimum absolute atomic E-state index is 0.643. The van der Waals surface area contributed by atoms with Gasteiger partial charge in [0.25, 0.3) is 12.6 Å². The summed E-state index contributed by atoms with van der Waals surface area (Å²) in [6.45, 7) is 11.2. The lowest BCUT2D eigenvalue weighted by molar-refractivity contribution is -0.193. The highest BCUT2D eigenvalue weighted by molar-refractivity contribution is 5.91. The Hall–Kier alpha value is -4.48. The Morgan fingerprint density at radius 3 is 0.969 bits per heavy atom. The first-order chi connectivity index (χ1) is 15.1. The SMILES string of the molecule is C=CC(=O)OC(COC(=O)/C=C\C(=O)OCC(OC(=O)C=C)OC(=O)C=C)OC(=O)C=C. The molecule has 12 nitrogen and oxygen atoms in total. The predicted molar refractivity (Wildman–Crippen MR) is 104 cm³/mol. The van der Waals surface area contributed by atoms with E-state index < -0.39 is 61.6 Å². The molecule has 0 aromatic rings. The van der Waals surface area contributed by atoms with Gasteiger partial charge < -0.3 is 28.4 Å².